The minimum absolute atomic E-state index is 0.405. The van der Waals surface area contributed by atoms with Crippen molar-refractivity contribution >= 4 is 11.0 Å². The van der Waals surface area contributed by atoms with E-state index < -0.39 is 30.4 Å². The van der Waals surface area contributed by atoms with E-state index in [4.69, 9.17) is 14.2 Å². The smallest absolute Gasteiger partial charge is 0.190 e. The highest BCUT2D eigenvalue weighted by Crippen LogP contribution is 2.37. The summed E-state index contributed by atoms with van der Waals surface area (Å²) in [6, 6.07) is 7.68. The van der Waals surface area contributed by atoms with Crippen LogP contribution in [0.25, 0.3) is 11.0 Å². The molecule has 0 unspecified atom stereocenters. The molecular formula is C14H17N3O4. The number of rotatable bonds is 2. The number of hydrogen-bond acceptors (Lipinski definition) is 6. The zero-order chi connectivity index (χ0) is 14.6. The van der Waals surface area contributed by atoms with Crippen LogP contribution in [-0.4, -0.2) is 50.5 Å². The van der Waals surface area contributed by atoms with E-state index in [0.717, 1.165) is 11.0 Å². The predicted octanol–water partition coefficient (Wildman–Crippen LogP) is 0.669. The first-order chi connectivity index (χ1) is 10.0. The highest BCUT2D eigenvalue weighted by atomic mass is 16.8. The minimum Gasteiger partial charge on any atom is -0.387 e. The predicted molar refractivity (Wildman–Crippen MR) is 72.2 cm³/mol. The van der Waals surface area contributed by atoms with Crippen LogP contribution in [0.2, 0.25) is 0 Å². The van der Waals surface area contributed by atoms with Crippen molar-refractivity contribution in [3.63, 3.8) is 0 Å². The molecule has 0 amide bonds. The van der Waals surface area contributed by atoms with Gasteiger partial charge in [0.15, 0.2) is 12.1 Å². The Balaban J connectivity index is 1.54. The van der Waals surface area contributed by atoms with Gasteiger partial charge in [-0.15, -0.1) is 5.10 Å². The van der Waals surface area contributed by atoms with Gasteiger partial charge in [0.25, 0.3) is 0 Å². The second-order valence-electron chi connectivity index (χ2n) is 5.89. The second kappa shape index (κ2) is 4.48. The lowest BCUT2D eigenvalue weighted by Crippen LogP contribution is -2.36. The summed E-state index contributed by atoms with van der Waals surface area (Å²) in [4.78, 5) is 0. The van der Waals surface area contributed by atoms with Crippen LogP contribution >= 0.6 is 0 Å². The number of ether oxygens (including phenoxy) is 3. The summed E-state index contributed by atoms with van der Waals surface area (Å²) in [5, 5.41) is 18.6. The average molecular weight is 291 g/mol. The van der Waals surface area contributed by atoms with E-state index in [1.807, 2.05) is 24.3 Å². The molecular weight excluding hydrogens is 274 g/mol. The number of hydrogen-bond donors (Lipinski definition) is 1. The molecule has 0 aliphatic carbocycles. The van der Waals surface area contributed by atoms with Gasteiger partial charge in [-0.1, -0.05) is 17.3 Å². The van der Waals surface area contributed by atoms with Crippen molar-refractivity contribution in [2.24, 2.45) is 0 Å². The molecule has 1 aromatic carbocycles. The maximum absolute atomic E-state index is 10.4. The molecule has 2 fully saturated rings. The summed E-state index contributed by atoms with van der Waals surface area (Å²) in [5.74, 6) is -0.721. The molecule has 7 nitrogen and oxygen atoms in total. The first-order valence-corrected chi connectivity index (χ1v) is 7.01. The fourth-order valence-corrected chi connectivity index (χ4v) is 2.93. The third-order valence-corrected chi connectivity index (χ3v) is 3.89. The van der Waals surface area contributed by atoms with Crippen LogP contribution in [0, 0.1) is 0 Å². The number of aromatic nitrogens is 3. The molecule has 112 valence electrons. The summed E-state index contributed by atoms with van der Waals surface area (Å²) < 4.78 is 18.8. The van der Waals surface area contributed by atoms with Gasteiger partial charge in [0, 0.05) is 0 Å². The number of fused-ring (bicyclic) bond motifs is 2. The van der Waals surface area contributed by atoms with Gasteiger partial charge < -0.3 is 19.3 Å². The number of aliphatic hydroxyl groups excluding tert-OH is 1. The molecule has 2 aliphatic heterocycles. The third-order valence-electron chi connectivity index (χ3n) is 3.89. The number of benzene rings is 1. The molecule has 0 saturated carbocycles. The number of para-hydroxylation sites is 1. The highest BCUT2D eigenvalue weighted by molar-refractivity contribution is 5.73. The fourth-order valence-electron chi connectivity index (χ4n) is 2.93. The Morgan fingerprint density at radius 2 is 2.10 bits per heavy atom. The molecule has 2 aliphatic rings. The maximum Gasteiger partial charge on any atom is 0.190 e. The normalized spacial score (nSPS) is 34.4. The zero-order valence-electron chi connectivity index (χ0n) is 11.8. The van der Waals surface area contributed by atoms with E-state index in [9.17, 15) is 5.11 Å². The van der Waals surface area contributed by atoms with Crippen molar-refractivity contribution in [3.8, 4) is 0 Å². The summed E-state index contributed by atoms with van der Waals surface area (Å²) in [7, 11) is 0. The van der Waals surface area contributed by atoms with Gasteiger partial charge in [0.1, 0.15) is 23.8 Å². The van der Waals surface area contributed by atoms with Crippen molar-refractivity contribution in [1.29, 1.82) is 0 Å². The first kappa shape index (κ1) is 13.1. The lowest BCUT2D eigenvalue weighted by atomic mass is 10.1. The third kappa shape index (κ3) is 2.13. The molecule has 2 aromatic rings. The van der Waals surface area contributed by atoms with E-state index in [2.05, 4.69) is 10.3 Å². The Labute approximate surface area is 121 Å². The molecule has 4 atom stereocenters. The summed E-state index contributed by atoms with van der Waals surface area (Å²) in [5.41, 5.74) is 1.73. The van der Waals surface area contributed by atoms with E-state index in [1.165, 1.54) is 0 Å². The quantitative estimate of drug-likeness (QED) is 0.876. The van der Waals surface area contributed by atoms with Crippen LogP contribution < -0.4 is 0 Å². The highest BCUT2D eigenvalue weighted by Gasteiger charge is 2.54. The summed E-state index contributed by atoms with van der Waals surface area (Å²) in [6.45, 7) is 4.02. The van der Waals surface area contributed by atoms with Crippen LogP contribution in [0.4, 0.5) is 0 Å². The molecule has 2 saturated heterocycles. The topological polar surface area (TPSA) is 78.6 Å². The van der Waals surface area contributed by atoms with Crippen LogP contribution in [0.1, 0.15) is 13.8 Å². The van der Waals surface area contributed by atoms with Gasteiger partial charge in [-0.3, -0.25) is 0 Å². The Hall–Kier alpha value is -1.54. The molecule has 4 rings (SSSR count). The van der Waals surface area contributed by atoms with Gasteiger partial charge in [0.2, 0.25) is 0 Å². The molecule has 0 spiro atoms. The van der Waals surface area contributed by atoms with Crippen LogP contribution in [0.3, 0.4) is 0 Å². The van der Waals surface area contributed by atoms with Crippen LogP contribution in [-0.2, 0) is 20.8 Å². The monoisotopic (exact) mass is 291 g/mol. The van der Waals surface area contributed by atoms with E-state index in [0.29, 0.717) is 6.54 Å². The lowest BCUT2D eigenvalue weighted by Gasteiger charge is -2.22. The largest absolute Gasteiger partial charge is 0.387 e. The second-order valence-corrected chi connectivity index (χ2v) is 5.89. The van der Waals surface area contributed by atoms with E-state index in [1.54, 1.807) is 18.5 Å². The van der Waals surface area contributed by atoms with Gasteiger partial charge >= 0.3 is 0 Å². The number of nitrogens with zero attached hydrogens (tertiary/aromatic N) is 3. The maximum atomic E-state index is 10.4. The van der Waals surface area contributed by atoms with Crippen molar-refractivity contribution in [2.75, 3.05) is 0 Å². The van der Waals surface area contributed by atoms with Gasteiger partial charge in [-0.05, 0) is 26.0 Å². The van der Waals surface area contributed by atoms with Crippen molar-refractivity contribution in [1.82, 2.24) is 15.0 Å². The molecule has 21 heavy (non-hydrogen) atoms. The van der Waals surface area contributed by atoms with Crippen molar-refractivity contribution in [2.45, 2.75) is 50.8 Å². The van der Waals surface area contributed by atoms with Crippen LogP contribution in [0.15, 0.2) is 24.3 Å². The van der Waals surface area contributed by atoms with Crippen LogP contribution in [0.5, 0.6) is 0 Å². The SMILES string of the molecule is CC1(C)O[C@H]2O[C@H](Cn3nnc4ccccc43)[C@H](O)[C@H]2O1. The van der Waals surface area contributed by atoms with Gasteiger partial charge in [0.05, 0.1) is 12.1 Å². The fraction of sp³-hybridized carbons (Fsp3) is 0.571. The molecule has 1 N–H and O–H groups in total. The summed E-state index contributed by atoms with van der Waals surface area (Å²) in [6.07, 6.45) is -2.17. The zero-order valence-corrected chi connectivity index (χ0v) is 11.8. The molecule has 7 heteroatoms. The van der Waals surface area contributed by atoms with Crippen molar-refractivity contribution < 1.29 is 19.3 Å². The van der Waals surface area contributed by atoms with E-state index in [-0.39, 0.29) is 0 Å². The first-order valence-electron chi connectivity index (χ1n) is 7.01. The Kier molecular flexibility index (Phi) is 2.80. The molecule has 0 bridgehead atoms. The van der Waals surface area contributed by atoms with Gasteiger partial charge in [-0.2, -0.15) is 0 Å². The minimum atomic E-state index is -0.750. The molecule has 1 aromatic heterocycles. The number of aliphatic hydroxyl groups is 1. The lowest BCUT2D eigenvalue weighted by molar-refractivity contribution is -0.216. The average Bonchev–Trinajstić information content (AvgIpc) is 3.06. The molecule has 3 heterocycles. The van der Waals surface area contributed by atoms with Gasteiger partial charge in [-0.25, -0.2) is 4.68 Å². The van der Waals surface area contributed by atoms with E-state index >= 15 is 0 Å². The molecule has 0 radical (unpaired) electrons. The Morgan fingerprint density at radius 3 is 2.90 bits per heavy atom. The Bertz CT molecular complexity index is 671. The van der Waals surface area contributed by atoms with Crippen molar-refractivity contribution in [3.05, 3.63) is 24.3 Å². The Morgan fingerprint density at radius 1 is 1.29 bits per heavy atom. The standard InChI is InChI=1S/C14H17N3O4/c1-14(2)20-12-11(18)10(19-13(12)21-14)7-17-9-6-4-3-5-8(9)15-16-17/h3-6,10-13,18H,7H2,1-2H3/t10-,11+,12-,13-/m1/s1. The summed E-state index contributed by atoms with van der Waals surface area (Å²) >= 11 is 0.